The highest BCUT2D eigenvalue weighted by Gasteiger charge is 2.27. The molecule has 0 atom stereocenters. The molecule has 6 rings (SSSR count). The van der Waals surface area contributed by atoms with E-state index in [-0.39, 0.29) is 0 Å². The Hall–Kier alpha value is -3.71. The fourth-order valence-electron chi connectivity index (χ4n) is 4.08. The van der Waals surface area contributed by atoms with E-state index in [1.165, 1.54) is 0 Å². The molecule has 5 aromatic rings. The van der Waals surface area contributed by atoms with Gasteiger partial charge >= 0.3 is 0 Å². The van der Waals surface area contributed by atoms with Crippen molar-refractivity contribution in [1.82, 2.24) is 24.9 Å². The summed E-state index contributed by atoms with van der Waals surface area (Å²) in [5.74, 6) is 1.67. The Kier molecular flexibility index (Phi) is 4.21. The minimum atomic E-state index is 0.620. The number of halogens is 1. The van der Waals surface area contributed by atoms with Gasteiger partial charge in [-0.1, -0.05) is 35.0 Å². The molecule has 0 bridgehead atoms. The monoisotopic (exact) mass is 428 g/mol. The number of anilines is 1. The lowest BCUT2D eigenvalue weighted by Crippen LogP contribution is -2.31. The van der Waals surface area contributed by atoms with E-state index in [2.05, 4.69) is 25.1 Å². The average molecular weight is 429 g/mol. The van der Waals surface area contributed by atoms with Crippen LogP contribution in [0.1, 0.15) is 11.3 Å². The lowest BCUT2D eigenvalue weighted by Gasteiger charge is -2.27. The molecule has 4 heterocycles. The Morgan fingerprint density at radius 2 is 1.81 bits per heavy atom. The second-order valence-electron chi connectivity index (χ2n) is 7.44. The summed E-state index contributed by atoms with van der Waals surface area (Å²) in [4.78, 5) is 11.3. The van der Waals surface area contributed by atoms with Crippen LogP contribution in [0.25, 0.3) is 28.0 Å². The third-order valence-electron chi connectivity index (χ3n) is 5.59. The van der Waals surface area contributed by atoms with Crippen LogP contribution in [-0.4, -0.2) is 31.4 Å². The number of para-hydroxylation sites is 1. The minimum Gasteiger partial charge on any atom is -0.356 e. The first-order valence-corrected chi connectivity index (χ1v) is 10.4. The van der Waals surface area contributed by atoms with Crippen molar-refractivity contribution in [2.24, 2.45) is 0 Å². The molecule has 0 aliphatic carbocycles. The Morgan fingerprint density at radius 1 is 0.968 bits per heavy atom. The van der Waals surface area contributed by atoms with Crippen molar-refractivity contribution >= 4 is 28.5 Å². The zero-order chi connectivity index (χ0) is 20.8. The summed E-state index contributed by atoms with van der Waals surface area (Å²) in [5.41, 5.74) is 4.80. The molecule has 7 nitrogen and oxygen atoms in total. The van der Waals surface area contributed by atoms with Crippen molar-refractivity contribution in [3.05, 3.63) is 83.4 Å². The first kappa shape index (κ1) is 18.1. The zero-order valence-corrected chi connectivity index (χ0v) is 17.2. The third kappa shape index (κ3) is 3.05. The molecular weight excluding hydrogens is 412 g/mol. The van der Waals surface area contributed by atoms with Crippen LogP contribution >= 0.6 is 11.6 Å². The summed E-state index contributed by atoms with van der Waals surface area (Å²) in [6, 6.07) is 17.6. The van der Waals surface area contributed by atoms with Gasteiger partial charge in [0.05, 0.1) is 23.8 Å². The second-order valence-corrected chi connectivity index (χ2v) is 7.88. The predicted molar refractivity (Wildman–Crippen MR) is 118 cm³/mol. The molecule has 0 amide bonds. The van der Waals surface area contributed by atoms with Crippen molar-refractivity contribution in [2.75, 3.05) is 11.4 Å². The van der Waals surface area contributed by atoms with Gasteiger partial charge in [0, 0.05) is 22.7 Å². The molecule has 0 spiro atoms. The Bertz CT molecular complexity index is 1380. The SMILES string of the molecule is Clc1ccc(-c2onc3c2CCN(c2ncnc4c2cnn4-c2ccccc2)C3)cc1. The summed E-state index contributed by atoms with van der Waals surface area (Å²) >= 11 is 6.02. The van der Waals surface area contributed by atoms with Crippen molar-refractivity contribution in [3.63, 3.8) is 0 Å². The molecule has 31 heavy (non-hydrogen) atoms. The maximum atomic E-state index is 6.02. The van der Waals surface area contributed by atoms with Gasteiger partial charge in [-0.05, 0) is 42.8 Å². The molecule has 3 aromatic heterocycles. The number of fused-ring (bicyclic) bond motifs is 2. The summed E-state index contributed by atoms with van der Waals surface area (Å²) < 4.78 is 7.55. The maximum Gasteiger partial charge on any atom is 0.170 e. The molecule has 0 unspecified atom stereocenters. The number of hydrogen-bond donors (Lipinski definition) is 0. The highest BCUT2D eigenvalue weighted by atomic mass is 35.5. The first-order chi connectivity index (χ1) is 15.3. The zero-order valence-electron chi connectivity index (χ0n) is 16.4. The van der Waals surface area contributed by atoms with Crippen LogP contribution < -0.4 is 4.90 Å². The third-order valence-corrected chi connectivity index (χ3v) is 5.85. The van der Waals surface area contributed by atoms with E-state index in [0.717, 1.165) is 58.1 Å². The second kappa shape index (κ2) is 7.21. The van der Waals surface area contributed by atoms with Gasteiger partial charge in [0.15, 0.2) is 11.4 Å². The largest absolute Gasteiger partial charge is 0.356 e. The summed E-state index contributed by atoms with van der Waals surface area (Å²) in [7, 11) is 0. The molecule has 0 N–H and O–H groups in total. The van der Waals surface area contributed by atoms with Crippen molar-refractivity contribution in [3.8, 4) is 17.0 Å². The first-order valence-electron chi connectivity index (χ1n) is 10.0. The predicted octanol–water partition coefficient (Wildman–Crippen LogP) is 4.69. The summed E-state index contributed by atoms with van der Waals surface area (Å²) in [6.07, 6.45) is 4.24. The molecule has 152 valence electrons. The van der Waals surface area contributed by atoms with Crippen molar-refractivity contribution in [2.45, 2.75) is 13.0 Å². The molecular formula is C23H17ClN6O. The van der Waals surface area contributed by atoms with Gasteiger partial charge in [0.2, 0.25) is 0 Å². The molecule has 1 aliphatic heterocycles. The van der Waals surface area contributed by atoms with Gasteiger partial charge in [-0.25, -0.2) is 14.6 Å². The van der Waals surface area contributed by atoms with Gasteiger partial charge in [0.25, 0.3) is 0 Å². The van der Waals surface area contributed by atoms with Gasteiger partial charge in [0.1, 0.15) is 17.8 Å². The Balaban J connectivity index is 1.35. The van der Waals surface area contributed by atoms with Crippen LogP contribution in [-0.2, 0) is 13.0 Å². The molecule has 0 saturated heterocycles. The Labute approximate surface area is 182 Å². The van der Waals surface area contributed by atoms with Crippen LogP contribution in [0.2, 0.25) is 5.02 Å². The topological polar surface area (TPSA) is 72.9 Å². The minimum absolute atomic E-state index is 0.620. The molecule has 0 saturated carbocycles. The normalized spacial score (nSPS) is 13.5. The van der Waals surface area contributed by atoms with E-state index in [0.29, 0.717) is 11.6 Å². The van der Waals surface area contributed by atoms with Crippen LogP contribution in [0.15, 0.2) is 71.6 Å². The van der Waals surface area contributed by atoms with Gasteiger partial charge < -0.3 is 9.42 Å². The highest BCUT2D eigenvalue weighted by Crippen LogP contribution is 2.34. The molecule has 0 fully saturated rings. The number of aromatic nitrogens is 5. The molecule has 0 radical (unpaired) electrons. The highest BCUT2D eigenvalue weighted by molar-refractivity contribution is 6.30. The fraction of sp³-hybridized carbons (Fsp3) is 0.130. The van der Waals surface area contributed by atoms with Crippen LogP contribution in [0.5, 0.6) is 0 Å². The van der Waals surface area contributed by atoms with Crippen LogP contribution in [0.3, 0.4) is 0 Å². The number of rotatable bonds is 3. The van der Waals surface area contributed by atoms with Gasteiger partial charge in [-0.2, -0.15) is 5.10 Å². The average Bonchev–Trinajstić information content (AvgIpc) is 3.44. The lowest BCUT2D eigenvalue weighted by atomic mass is 10.0. The fourth-order valence-corrected chi connectivity index (χ4v) is 4.21. The van der Waals surface area contributed by atoms with E-state index < -0.39 is 0 Å². The maximum absolute atomic E-state index is 6.02. The number of nitrogens with zero attached hydrogens (tertiary/aromatic N) is 6. The van der Waals surface area contributed by atoms with Crippen molar-refractivity contribution < 1.29 is 4.52 Å². The van der Waals surface area contributed by atoms with Crippen LogP contribution in [0, 0.1) is 0 Å². The standard InChI is InChI=1S/C23H17ClN6O/c24-16-8-6-15(7-9-16)21-18-10-11-29(13-20(18)28-31-21)22-19-12-27-30(23(19)26-14-25-22)17-4-2-1-3-5-17/h1-9,12,14H,10-11,13H2. The van der Waals surface area contributed by atoms with E-state index in [4.69, 9.17) is 16.1 Å². The van der Waals surface area contributed by atoms with Crippen LogP contribution in [0.4, 0.5) is 5.82 Å². The van der Waals surface area contributed by atoms with E-state index in [1.807, 2.05) is 65.5 Å². The smallest absolute Gasteiger partial charge is 0.170 e. The summed E-state index contributed by atoms with van der Waals surface area (Å²) in [6.45, 7) is 1.42. The van der Waals surface area contributed by atoms with E-state index >= 15 is 0 Å². The van der Waals surface area contributed by atoms with E-state index in [9.17, 15) is 0 Å². The number of hydrogen-bond acceptors (Lipinski definition) is 6. The lowest BCUT2D eigenvalue weighted by molar-refractivity contribution is 0.423. The summed E-state index contributed by atoms with van der Waals surface area (Å²) in [5, 5.41) is 10.5. The molecule has 8 heteroatoms. The van der Waals surface area contributed by atoms with Gasteiger partial charge in [-0.3, -0.25) is 0 Å². The molecule has 1 aliphatic rings. The molecule has 2 aromatic carbocycles. The Morgan fingerprint density at radius 3 is 2.65 bits per heavy atom. The van der Waals surface area contributed by atoms with E-state index in [1.54, 1.807) is 6.33 Å². The number of benzene rings is 2. The quantitative estimate of drug-likeness (QED) is 0.415. The van der Waals surface area contributed by atoms with Crippen molar-refractivity contribution in [1.29, 1.82) is 0 Å². The van der Waals surface area contributed by atoms with Gasteiger partial charge in [-0.15, -0.1) is 0 Å².